The van der Waals surface area contributed by atoms with Crippen LogP contribution in [0, 0.1) is 0 Å². The summed E-state index contributed by atoms with van der Waals surface area (Å²) in [6, 6.07) is 8.88. The molecule has 0 aliphatic carbocycles. The summed E-state index contributed by atoms with van der Waals surface area (Å²) in [7, 11) is 0. The molecule has 0 aliphatic rings. The van der Waals surface area contributed by atoms with E-state index < -0.39 is 0 Å². The van der Waals surface area contributed by atoms with Gasteiger partial charge in [-0.15, -0.1) is 0 Å². The second-order valence-corrected chi connectivity index (χ2v) is 4.39. The number of para-hydroxylation sites is 1. The fraction of sp³-hybridized carbons (Fsp3) is 0.333. The Morgan fingerprint density at radius 3 is 2.53 bits per heavy atom. The highest BCUT2D eigenvalue weighted by Crippen LogP contribution is 2.09. The van der Waals surface area contributed by atoms with Crippen LogP contribution in [0.4, 0.5) is 0 Å². The number of amides is 1. The maximum atomic E-state index is 12.1. The Morgan fingerprint density at radius 1 is 1.16 bits per heavy atom. The van der Waals surface area contributed by atoms with Crippen molar-refractivity contribution in [3.05, 3.63) is 46.8 Å². The smallest absolute Gasteiger partial charge is 0.242 e. The van der Waals surface area contributed by atoms with Gasteiger partial charge in [-0.25, -0.2) is 0 Å². The van der Waals surface area contributed by atoms with Crippen molar-refractivity contribution < 1.29 is 4.79 Å². The van der Waals surface area contributed by atoms with E-state index in [4.69, 9.17) is 0 Å². The van der Waals surface area contributed by atoms with E-state index in [0.29, 0.717) is 18.5 Å². The number of hydrogen-bond acceptors (Lipinski definition) is 2. The van der Waals surface area contributed by atoms with E-state index in [0.717, 1.165) is 5.52 Å². The number of aromatic nitrogens is 1. The van der Waals surface area contributed by atoms with Crippen molar-refractivity contribution in [1.82, 2.24) is 9.47 Å². The second kappa shape index (κ2) is 5.69. The van der Waals surface area contributed by atoms with E-state index in [1.807, 2.05) is 36.6 Å². The van der Waals surface area contributed by atoms with Crippen LogP contribution in [0.25, 0.3) is 10.9 Å². The summed E-state index contributed by atoms with van der Waals surface area (Å²) in [6.07, 6.45) is 1.69. The van der Waals surface area contributed by atoms with Gasteiger partial charge in [0.1, 0.15) is 6.54 Å². The van der Waals surface area contributed by atoms with Crippen LogP contribution < -0.4 is 5.43 Å². The SMILES string of the molecule is CCN(CC)C(=O)Cn1ccc(=O)c2ccccc21. The van der Waals surface area contributed by atoms with Crippen molar-refractivity contribution in [2.45, 2.75) is 20.4 Å². The summed E-state index contributed by atoms with van der Waals surface area (Å²) in [5, 5.41) is 0.650. The van der Waals surface area contributed by atoms with Gasteiger partial charge in [0.2, 0.25) is 5.91 Å². The molecule has 0 radical (unpaired) electrons. The molecule has 1 heterocycles. The first kappa shape index (κ1) is 13.3. The van der Waals surface area contributed by atoms with E-state index in [9.17, 15) is 9.59 Å². The number of hydrogen-bond donors (Lipinski definition) is 0. The predicted molar refractivity (Wildman–Crippen MR) is 76.1 cm³/mol. The molecule has 1 amide bonds. The van der Waals surface area contributed by atoms with E-state index >= 15 is 0 Å². The topological polar surface area (TPSA) is 42.3 Å². The standard InChI is InChI=1S/C15H18N2O2/c1-3-16(4-2)15(19)11-17-10-9-14(18)12-7-5-6-8-13(12)17/h5-10H,3-4,11H2,1-2H3. The molecule has 1 aromatic heterocycles. The van der Waals surface area contributed by atoms with E-state index in [-0.39, 0.29) is 17.9 Å². The molecule has 0 saturated heterocycles. The molecular formula is C15H18N2O2. The molecule has 1 aromatic carbocycles. The van der Waals surface area contributed by atoms with Crippen LogP contribution in [0.1, 0.15) is 13.8 Å². The fourth-order valence-electron chi connectivity index (χ4n) is 2.22. The average molecular weight is 258 g/mol. The number of nitrogens with zero attached hydrogens (tertiary/aromatic N) is 2. The van der Waals surface area contributed by atoms with Crippen LogP contribution in [0.15, 0.2) is 41.3 Å². The molecule has 4 nitrogen and oxygen atoms in total. The average Bonchev–Trinajstić information content (AvgIpc) is 2.44. The Hall–Kier alpha value is -2.10. The number of rotatable bonds is 4. The van der Waals surface area contributed by atoms with Crippen LogP contribution in [0.2, 0.25) is 0 Å². The van der Waals surface area contributed by atoms with Gasteiger partial charge in [-0.3, -0.25) is 9.59 Å². The Labute approximate surface area is 112 Å². The van der Waals surface area contributed by atoms with Crippen molar-refractivity contribution in [3.63, 3.8) is 0 Å². The van der Waals surface area contributed by atoms with Crippen LogP contribution in [-0.2, 0) is 11.3 Å². The lowest BCUT2D eigenvalue weighted by Crippen LogP contribution is -2.33. The Bertz CT molecular complexity index is 642. The van der Waals surface area contributed by atoms with Gasteiger partial charge in [-0.1, -0.05) is 12.1 Å². The summed E-state index contributed by atoms with van der Waals surface area (Å²) < 4.78 is 1.83. The van der Waals surface area contributed by atoms with Crippen molar-refractivity contribution in [2.24, 2.45) is 0 Å². The highest BCUT2D eigenvalue weighted by molar-refractivity contribution is 5.82. The zero-order chi connectivity index (χ0) is 13.8. The third-order valence-corrected chi connectivity index (χ3v) is 3.31. The molecule has 0 atom stereocenters. The maximum absolute atomic E-state index is 12.1. The summed E-state index contributed by atoms with van der Waals surface area (Å²) in [6.45, 7) is 5.60. The molecule has 19 heavy (non-hydrogen) atoms. The molecule has 0 unspecified atom stereocenters. The lowest BCUT2D eigenvalue weighted by Gasteiger charge is -2.20. The quantitative estimate of drug-likeness (QED) is 0.840. The molecule has 0 spiro atoms. The summed E-state index contributed by atoms with van der Waals surface area (Å²) >= 11 is 0. The van der Waals surface area contributed by atoms with Gasteiger partial charge in [0.15, 0.2) is 5.43 Å². The van der Waals surface area contributed by atoms with Gasteiger partial charge in [-0.05, 0) is 26.0 Å². The molecule has 0 N–H and O–H groups in total. The minimum atomic E-state index is -0.0119. The Balaban J connectivity index is 2.39. The highest BCUT2D eigenvalue weighted by Gasteiger charge is 2.11. The van der Waals surface area contributed by atoms with Crippen molar-refractivity contribution >= 4 is 16.8 Å². The van der Waals surface area contributed by atoms with Crippen LogP contribution in [0.3, 0.4) is 0 Å². The molecule has 0 bridgehead atoms. The first-order valence-corrected chi connectivity index (χ1v) is 6.53. The van der Waals surface area contributed by atoms with Crippen LogP contribution >= 0.6 is 0 Å². The number of pyridine rings is 1. The molecule has 2 aromatic rings. The first-order valence-electron chi connectivity index (χ1n) is 6.53. The molecule has 100 valence electrons. The van der Waals surface area contributed by atoms with E-state index in [1.54, 1.807) is 17.2 Å². The Morgan fingerprint density at radius 2 is 1.84 bits per heavy atom. The van der Waals surface area contributed by atoms with Crippen molar-refractivity contribution in [2.75, 3.05) is 13.1 Å². The second-order valence-electron chi connectivity index (χ2n) is 4.39. The third kappa shape index (κ3) is 2.67. The summed E-state index contributed by atoms with van der Waals surface area (Å²) in [5.74, 6) is 0.0683. The lowest BCUT2D eigenvalue weighted by atomic mass is 10.2. The van der Waals surface area contributed by atoms with Gasteiger partial charge >= 0.3 is 0 Å². The number of carbonyl (C=O) groups is 1. The molecule has 0 fully saturated rings. The molecule has 4 heteroatoms. The van der Waals surface area contributed by atoms with Gasteiger partial charge in [0.05, 0.1) is 5.52 Å². The normalized spacial score (nSPS) is 10.6. The fourth-order valence-corrected chi connectivity index (χ4v) is 2.22. The van der Waals surface area contributed by atoms with E-state index in [1.165, 1.54) is 6.07 Å². The van der Waals surface area contributed by atoms with Crippen LogP contribution in [0.5, 0.6) is 0 Å². The molecule has 2 rings (SSSR count). The molecule has 0 saturated carbocycles. The van der Waals surface area contributed by atoms with Gasteiger partial charge < -0.3 is 9.47 Å². The minimum Gasteiger partial charge on any atom is -0.342 e. The Kier molecular flexibility index (Phi) is 4.00. The highest BCUT2D eigenvalue weighted by atomic mass is 16.2. The van der Waals surface area contributed by atoms with Crippen molar-refractivity contribution in [1.29, 1.82) is 0 Å². The largest absolute Gasteiger partial charge is 0.342 e. The van der Waals surface area contributed by atoms with E-state index in [2.05, 4.69) is 0 Å². The summed E-state index contributed by atoms with van der Waals surface area (Å²) in [4.78, 5) is 25.7. The lowest BCUT2D eigenvalue weighted by molar-refractivity contribution is -0.131. The van der Waals surface area contributed by atoms with Gasteiger partial charge in [-0.2, -0.15) is 0 Å². The monoisotopic (exact) mass is 258 g/mol. The summed E-state index contributed by atoms with van der Waals surface area (Å²) in [5.41, 5.74) is 0.789. The predicted octanol–water partition coefficient (Wildman–Crippen LogP) is 1.87. The van der Waals surface area contributed by atoms with Crippen LogP contribution in [-0.4, -0.2) is 28.5 Å². The number of benzene rings is 1. The third-order valence-electron chi connectivity index (χ3n) is 3.31. The number of likely N-dealkylation sites (N-methyl/N-ethyl adjacent to an activating group) is 1. The molecular weight excluding hydrogens is 240 g/mol. The maximum Gasteiger partial charge on any atom is 0.242 e. The minimum absolute atomic E-state index is 0.0119. The first-order chi connectivity index (χ1) is 9.17. The number of fused-ring (bicyclic) bond motifs is 1. The molecule has 0 aliphatic heterocycles. The van der Waals surface area contributed by atoms with Crippen molar-refractivity contribution in [3.8, 4) is 0 Å². The van der Waals surface area contributed by atoms with Gasteiger partial charge in [0.25, 0.3) is 0 Å². The zero-order valence-electron chi connectivity index (χ0n) is 11.3. The number of carbonyl (C=O) groups excluding carboxylic acids is 1. The zero-order valence-corrected chi connectivity index (χ0v) is 11.3. The van der Waals surface area contributed by atoms with Gasteiger partial charge in [0, 0.05) is 30.7 Å².